The van der Waals surface area contributed by atoms with Gasteiger partial charge in [-0.05, 0) is 43.9 Å². The first-order valence-corrected chi connectivity index (χ1v) is 10.4. The van der Waals surface area contributed by atoms with Gasteiger partial charge in [-0.3, -0.25) is 14.5 Å². The molecule has 21 heavy (non-hydrogen) atoms. The molecular weight excluding hydrogens is 286 g/mol. The van der Waals surface area contributed by atoms with Gasteiger partial charge in [0.25, 0.3) is 5.91 Å². The van der Waals surface area contributed by atoms with Gasteiger partial charge < -0.3 is 9.16 Å². The average molecular weight is 307 g/mol. The Morgan fingerprint density at radius 1 is 1.24 bits per heavy atom. The van der Waals surface area contributed by atoms with E-state index in [4.69, 9.17) is 9.16 Å². The van der Waals surface area contributed by atoms with E-state index in [2.05, 4.69) is 19.6 Å². The van der Waals surface area contributed by atoms with Crippen LogP contribution in [0.4, 0.5) is 0 Å². The lowest BCUT2D eigenvalue weighted by molar-refractivity contribution is -0.125. The number of methoxy groups -OCH3 is 1. The molecule has 1 aromatic rings. The Kier molecular flexibility index (Phi) is 4.48. The van der Waals surface area contributed by atoms with Crippen LogP contribution in [0.15, 0.2) is 24.3 Å². The zero-order chi connectivity index (χ0) is 15.6. The Morgan fingerprint density at radius 2 is 1.86 bits per heavy atom. The monoisotopic (exact) mass is 307 g/mol. The van der Waals surface area contributed by atoms with E-state index >= 15 is 0 Å². The maximum absolute atomic E-state index is 12.4. The largest absolute Gasteiger partial charge is 0.497 e. The van der Waals surface area contributed by atoms with Gasteiger partial charge in [0.2, 0.25) is 5.91 Å². The maximum atomic E-state index is 12.4. The third-order valence-electron chi connectivity index (χ3n) is 3.19. The zero-order valence-electron chi connectivity index (χ0n) is 12.9. The van der Waals surface area contributed by atoms with Crippen LogP contribution in [0.5, 0.6) is 5.75 Å². The molecule has 1 heterocycles. The first-order valence-electron chi connectivity index (χ1n) is 6.97. The van der Waals surface area contributed by atoms with E-state index in [9.17, 15) is 9.59 Å². The summed E-state index contributed by atoms with van der Waals surface area (Å²) < 4.78 is 11.0. The van der Waals surface area contributed by atoms with E-state index in [1.807, 2.05) is 0 Å². The van der Waals surface area contributed by atoms with Crippen LogP contribution in [-0.4, -0.2) is 44.8 Å². The molecule has 0 spiro atoms. The van der Waals surface area contributed by atoms with E-state index in [1.54, 1.807) is 31.4 Å². The van der Waals surface area contributed by atoms with Crippen molar-refractivity contribution in [1.82, 2.24) is 4.90 Å². The van der Waals surface area contributed by atoms with E-state index < -0.39 is 8.32 Å². The van der Waals surface area contributed by atoms with Gasteiger partial charge in [0.15, 0.2) is 8.32 Å². The molecule has 1 atom stereocenters. The minimum absolute atomic E-state index is 0.168. The quantitative estimate of drug-likeness (QED) is 0.632. The third kappa shape index (κ3) is 3.92. The average Bonchev–Trinajstić information content (AvgIpc) is 2.76. The van der Waals surface area contributed by atoms with Crippen molar-refractivity contribution in [3.8, 4) is 5.75 Å². The molecular formula is C15H21NO4Si. The van der Waals surface area contributed by atoms with Crippen molar-refractivity contribution in [3.63, 3.8) is 0 Å². The summed E-state index contributed by atoms with van der Waals surface area (Å²) in [7, 11) is -0.146. The predicted octanol–water partition coefficient (Wildman–Crippen LogP) is 2.29. The number of likely N-dealkylation sites (tertiary alicyclic amines) is 1. The fraction of sp³-hybridized carbons (Fsp3) is 0.467. The molecule has 0 saturated carbocycles. The molecule has 0 N–H and O–H groups in total. The smallest absolute Gasteiger partial charge is 0.260 e. The van der Waals surface area contributed by atoms with Gasteiger partial charge in [-0.1, -0.05) is 0 Å². The molecule has 1 unspecified atom stereocenters. The molecule has 1 saturated heterocycles. The normalized spacial score (nSPS) is 19.0. The summed E-state index contributed by atoms with van der Waals surface area (Å²) >= 11 is 0. The molecule has 1 aliphatic heterocycles. The summed E-state index contributed by atoms with van der Waals surface area (Å²) in [6, 6.07) is 6.76. The lowest BCUT2D eigenvalue weighted by Crippen LogP contribution is -2.36. The van der Waals surface area contributed by atoms with Crippen molar-refractivity contribution in [2.45, 2.75) is 32.2 Å². The second-order valence-corrected chi connectivity index (χ2v) is 10.6. The minimum Gasteiger partial charge on any atom is -0.497 e. The first-order chi connectivity index (χ1) is 9.80. The number of benzene rings is 1. The Balaban J connectivity index is 2.07. The van der Waals surface area contributed by atoms with E-state index in [1.165, 1.54) is 4.90 Å². The highest BCUT2D eigenvalue weighted by molar-refractivity contribution is 6.69. The van der Waals surface area contributed by atoms with E-state index in [-0.39, 0.29) is 24.3 Å². The number of carbonyl (C=O) groups is 2. The first kappa shape index (κ1) is 15.7. The summed E-state index contributed by atoms with van der Waals surface area (Å²) in [6.45, 7) is 6.57. The van der Waals surface area contributed by atoms with Crippen molar-refractivity contribution >= 4 is 20.1 Å². The fourth-order valence-corrected chi connectivity index (χ4v) is 3.50. The highest BCUT2D eigenvalue weighted by atomic mass is 28.4. The Morgan fingerprint density at radius 3 is 2.38 bits per heavy atom. The molecule has 0 aliphatic carbocycles. The molecule has 1 fully saturated rings. The van der Waals surface area contributed by atoms with Crippen molar-refractivity contribution in [2.75, 3.05) is 13.7 Å². The molecule has 2 rings (SSSR count). The van der Waals surface area contributed by atoms with Crippen LogP contribution >= 0.6 is 0 Å². The number of rotatable bonds is 4. The minimum atomic E-state index is -1.71. The lowest BCUT2D eigenvalue weighted by Gasteiger charge is -2.22. The Labute approximate surface area is 126 Å². The molecule has 1 aliphatic rings. The second-order valence-electron chi connectivity index (χ2n) is 6.09. The van der Waals surface area contributed by atoms with Crippen LogP contribution in [0.3, 0.4) is 0 Å². The van der Waals surface area contributed by atoms with Crippen molar-refractivity contribution in [1.29, 1.82) is 0 Å². The van der Waals surface area contributed by atoms with Crippen LogP contribution in [0.1, 0.15) is 16.8 Å². The van der Waals surface area contributed by atoms with Crippen molar-refractivity contribution in [3.05, 3.63) is 29.8 Å². The van der Waals surface area contributed by atoms with Crippen molar-refractivity contribution in [2.24, 2.45) is 0 Å². The lowest BCUT2D eigenvalue weighted by atomic mass is 10.2. The van der Waals surface area contributed by atoms with Gasteiger partial charge in [-0.2, -0.15) is 0 Å². The van der Waals surface area contributed by atoms with Crippen LogP contribution < -0.4 is 4.74 Å². The SMILES string of the molecule is COc1ccc(C(=O)N2CC(O[Si](C)(C)C)CC2=O)cc1. The number of hydrogen-bond donors (Lipinski definition) is 0. The standard InChI is InChI=1S/C15H21NO4Si/c1-19-12-7-5-11(6-8-12)15(18)16-10-13(9-14(16)17)20-21(2,3)4/h5-8,13H,9-10H2,1-4H3. The number of nitrogens with zero attached hydrogens (tertiary/aromatic N) is 1. The van der Waals surface area contributed by atoms with Gasteiger partial charge in [0.1, 0.15) is 5.75 Å². The molecule has 0 radical (unpaired) electrons. The fourth-order valence-electron chi connectivity index (χ4n) is 2.34. The van der Waals surface area contributed by atoms with E-state index in [0.29, 0.717) is 17.9 Å². The van der Waals surface area contributed by atoms with Crippen LogP contribution in [-0.2, 0) is 9.22 Å². The highest BCUT2D eigenvalue weighted by Crippen LogP contribution is 2.21. The molecule has 2 amide bonds. The summed E-state index contributed by atoms with van der Waals surface area (Å²) in [5.74, 6) is 0.239. The summed E-state index contributed by atoms with van der Waals surface area (Å²) in [5, 5.41) is 0. The topological polar surface area (TPSA) is 55.8 Å². The summed E-state index contributed by atoms with van der Waals surface area (Å²) in [6.07, 6.45) is 0.109. The Bertz CT molecular complexity index is 536. The van der Waals surface area contributed by atoms with Crippen LogP contribution in [0, 0.1) is 0 Å². The van der Waals surface area contributed by atoms with E-state index in [0.717, 1.165) is 0 Å². The number of ether oxygens (including phenoxy) is 1. The molecule has 6 heteroatoms. The molecule has 114 valence electrons. The number of hydrogen-bond acceptors (Lipinski definition) is 4. The molecule has 0 bridgehead atoms. The van der Waals surface area contributed by atoms with Gasteiger partial charge in [-0.15, -0.1) is 0 Å². The highest BCUT2D eigenvalue weighted by Gasteiger charge is 2.36. The number of carbonyl (C=O) groups excluding carboxylic acids is 2. The number of imide groups is 1. The molecule has 5 nitrogen and oxygen atoms in total. The van der Waals surface area contributed by atoms with Crippen molar-refractivity contribution < 1.29 is 18.8 Å². The van der Waals surface area contributed by atoms with Crippen LogP contribution in [0.25, 0.3) is 0 Å². The second kappa shape index (κ2) is 5.99. The van der Waals surface area contributed by atoms with Gasteiger partial charge in [0, 0.05) is 5.56 Å². The Hall–Kier alpha value is -1.66. The van der Waals surface area contributed by atoms with Gasteiger partial charge in [0.05, 0.1) is 26.2 Å². The molecule has 1 aromatic carbocycles. The summed E-state index contributed by atoms with van der Waals surface area (Å²) in [4.78, 5) is 25.7. The zero-order valence-corrected chi connectivity index (χ0v) is 13.9. The summed E-state index contributed by atoms with van der Waals surface area (Å²) in [5.41, 5.74) is 0.484. The van der Waals surface area contributed by atoms with Gasteiger partial charge >= 0.3 is 0 Å². The third-order valence-corrected chi connectivity index (χ3v) is 4.23. The van der Waals surface area contributed by atoms with Gasteiger partial charge in [-0.25, -0.2) is 0 Å². The predicted molar refractivity (Wildman–Crippen MR) is 81.9 cm³/mol. The molecule has 0 aromatic heterocycles. The van der Waals surface area contributed by atoms with Crippen LogP contribution in [0.2, 0.25) is 19.6 Å². The number of amides is 2. The maximum Gasteiger partial charge on any atom is 0.260 e.